The van der Waals surface area contributed by atoms with Crippen LogP contribution < -0.4 is 16.6 Å². The smallest absolute Gasteiger partial charge is 0.134 e. The summed E-state index contributed by atoms with van der Waals surface area (Å²) in [6.07, 6.45) is 0.0774. The summed E-state index contributed by atoms with van der Waals surface area (Å²) in [5, 5.41) is 0. The number of hydrazine groups is 1. The van der Waals surface area contributed by atoms with E-state index in [0.717, 1.165) is 0 Å². The molecule has 0 saturated carbocycles. The molecule has 1 rings (SSSR count). The van der Waals surface area contributed by atoms with Crippen molar-refractivity contribution in [2.24, 2.45) is 5.73 Å². The highest BCUT2D eigenvalue weighted by atomic mass is 16.5. The van der Waals surface area contributed by atoms with E-state index in [1.54, 1.807) is 0 Å². The molecule has 1 fully saturated rings. The zero-order valence-electron chi connectivity index (χ0n) is 4.85. The zero-order valence-corrected chi connectivity index (χ0v) is 4.85. The maximum atomic E-state index is 5.27. The van der Waals surface area contributed by atoms with E-state index >= 15 is 0 Å². The number of hydrogen-bond donors (Lipinski definition) is 3. The quantitative estimate of drug-likeness (QED) is 0.401. The zero-order chi connectivity index (χ0) is 5.98. The topological polar surface area (TPSA) is 59.3 Å². The molecule has 1 aliphatic heterocycles. The van der Waals surface area contributed by atoms with E-state index in [1.165, 1.54) is 0 Å². The van der Waals surface area contributed by atoms with Gasteiger partial charge in [-0.1, -0.05) is 0 Å². The predicted molar refractivity (Wildman–Crippen MR) is 29.7 cm³/mol. The van der Waals surface area contributed by atoms with Crippen LogP contribution in [0.1, 0.15) is 6.92 Å². The lowest BCUT2D eigenvalue weighted by atomic mass is 10.6. The third-order valence-electron chi connectivity index (χ3n) is 1.03. The molecule has 1 saturated heterocycles. The molecular weight excluding hydrogens is 106 g/mol. The molecule has 48 valence electrons. The minimum atomic E-state index is -0.00926. The number of rotatable bonds is 1. The van der Waals surface area contributed by atoms with Crippen LogP contribution in [-0.2, 0) is 4.74 Å². The van der Waals surface area contributed by atoms with Gasteiger partial charge < -0.3 is 10.5 Å². The standard InChI is InChI=1S/C4H11N3O/c1-3-6-7-4(2-5)8-3/h3-4,6-7H,2,5H2,1H3/t3-,4-/m1/s1. The van der Waals surface area contributed by atoms with Gasteiger partial charge in [0.1, 0.15) is 12.5 Å². The molecule has 1 aliphatic rings. The van der Waals surface area contributed by atoms with Gasteiger partial charge >= 0.3 is 0 Å². The average Bonchev–Trinajstić information content (AvgIpc) is 2.14. The first-order valence-corrected chi connectivity index (χ1v) is 2.69. The second kappa shape index (κ2) is 2.41. The van der Waals surface area contributed by atoms with Gasteiger partial charge in [0.2, 0.25) is 0 Å². The maximum Gasteiger partial charge on any atom is 0.134 e. The van der Waals surface area contributed by atoms with E-state index in [-0.39, 0.29) is 12.5 Å². The fourth-order valence-electron chi connectivity index (χ4n) is 0.639. The Morgan fingerprint density at radius 1 is 1.62 bits per heavy atom. The van der Waals surface area contributed by atoms with Crippen molar-refractivity contribution in [3.8, 4) is 0 Å². The third-order valence-corrected chi connectivity index (χ3v) is 1.03. The molecule has 0 aromatic heterocycles. The van der Waals surface area contributed by atoms with E-state index in [1.807, 2.05) is 6.92 Å². The van der Waals surface area contributed by atoms with E-state index < -0.39 is 0 Å². The Morgan fingerprint density at radius 2 is 2.38 bits per heavy atom. The first-order chi connectivity index (χ1) is 3.83. The van der Waals surface area contributed by atoms with Crippen LogP contribution in [0, 0.1) is 0 Å². The maximum absolute atomic E-state index is 5.27. The number of nitrogens with one attached hydrogen (secondary N) is 2. The van der Waals surface area contributed by atoms with Crippen LogP contribution in [0.2, 0.25) is 0 Å². The summed E-state index contributed by atoms with van der Waals surface area (Å²) in [6.45, 7) is 2.43. The van der Waals surface area contributed by atoms with Gasteiger partial charge in [-0.2, -0.15) is 0 Å². The molecule has 0 aromatic rings. The van der Waals surface area contributed by atoms with Crippen molar-refractivity contribution < 1.29 is 4.74 Å². The van der Waals surface area contributed by atoms with E-state index in [2.05, 4.69) is 10.9 Å². The molecule has 1 heterocycles. The van der Waals surface area contributed by atoms with Gasteiger partial charge in [0, 0.05) is 6.54 Å². The fraction of sp³-hybridized carbons (Fsp3) is 1.00. The Balaban J connectivity index is 2.22. The second-order valence-electron chi connectivity index (χ2n) is 1.79. The number of ether oxygens (including phenoxy) is 1. The minimum Gasteiger partial charge on any atom is -0.342 e. The molecule has 8 heavy (non-hydrogen) atoms. The van der Waals surface area contributed by atoms with Gasteiger partial charge in [0.25, 0.3) is 0 Å². The van der Waals surface area contributed by atoms with Gasteiger partial charge in [-0.15, -0.1) is 0 Å². The van der Waals surface area contributed by atoms with E-state index in [0.29, 0.717) is 6.54 Å². The van der Waals surface area contributed by atoms with Crippen molar-refractivity contribution in [2.75, 3.05) is 6.54 Å². The van der Waals surface area contributed by atoms with Crippen LogP contribution >= 0.6 is 0 Å². The first kappa shape index (κ1) is 5.97. The Hall–Kier alpha value is -0.160. The monoisotopic (exact) mass is 117 g/mol. The summed E-state index contributed by atoms with van der Waals surface area (Å²) in [5.41, 5.74) is 11.0. The van der Waals surface area contributed by atoms with Gasteiger partial charge in [0.15, 0.2) is 0 Å². The predicted octanol–water partition coefficient (Wildman–Crippen LogP) is -1.26. The highest BCUT2D eigenvalue weighted by Crippen LogP contribution is 1.95. The van der Waals surface area contributed by atoms with E-state index in [9.17, 15) is 0 Å². The Kier molecular flexibility index (Phi) is 1.80. The lowest BCUT2D eigenvalue weighted by Gasteiger charge is -2.03. The Bertz CT molecular complexity index is 77.7. The molecule has 0 spiro atoms. The molecule has 0 bridgehead atoms. The van der Waals surface area contributed by atoms with Crippen LogP contribution in [0.15, 0.2) is 0 Å². The summed E-state index contributed by atoms with van der Waals surface area (Å²) in [5.74, 6) is 0. The molecule has 0 amide bonds. The molecule has 0 unspecified atom stereocenters. The lowest BCUT2D eigenvalue weighted by Crippen LogP contribution is -2.36. The summed E-state index contributed by atoms with van der Waals surface area (Å²) in [6, 6.07) is 0. The van der Waals surface area contributed by atoms with Gasteiger partial charge in [-0.3, -0.25) is 0 Å². The fourth-order valence-corrected chi connectivity index (χ4v) is 0.639. The Labute approximate surface area is 48.4 Å². The van der Waals surface area contributed by atoms with Crippen LogP contribution in [0.4, 0.5) is 0 Å². The van der Waals surface area contributed by atoms with Crippen molar-refractivity contribution in [2.45, 2.75) is 19.4 Å². The summed E-state index contributed by atoms with van der Waals surface area (Å²) in [4.78, 5) is 0. The van der Waals surface area contributed by atoms with Crippen LogP contribution in [0.25, 0.3) is 0 Å². The minimum absolute atomic E-state index is 0.00926. The summed E-state index contributed by atoms with van der Waals surface area (Å²) in [7, 11) is 0. The van der Waals surface area contributed by atoms with Crippen molar-refractivity contribution in [3.63, 3.8) is 0 Å². The van der Waals surface area contributed by atoms with Gasteiger partial charge in [0.05, 0.1) is 0 Å². The van der Waals surface area contributed by atoms with Crippen molar-refractivity contribution in [1.29, 1.82) is 0 Å². The number of nitrogens with two attached hydrogens (primary N) is 1. The molecule has 4 N–H and O–H groups in total. The van der Waals surface area contributed by atoms with Crippen LogP contribution in [0.5, 0.6) is 0 Å². The van der Waals surface area contributed by atoms with Crippen LogP contribution in [0.3, 0.4) is 0 Å². The number of hydrogen-bond acceptors (Lipinski definition) is 4. The van der Waals surface area contributed by atoms with Crippen molar-refractivity contribution >= 4 is 0 Å². The SMILES string of the molecule is C[C@@H]1NN[C@@H](CN)O1. The van der Waals surface area contributed by atoms with Gasteiger partial charge in [-0.05, 0) is 6.92 Å². The molecule has 0 aliphatic carbocycles. The molecule has 4 nitrogen and oxygen atoms in total. The second-order valence-corrected chi connectivity index (χ2v) is 1.79. The third kappa shape index (κ3) is 1.16. The summed E-state index contributed by atoms with van der Waals surface area (Å²) < 4.78 is 5.16. The largest absolute Gasteiger partial charge is 0.342 e. The molecular formula is C4H11N3O. The lowest BCUT2D eigenvalue weighted by molar-refractivity contribution is 0.0516. The van der Waals surface area contributed by atoms with Crippen molar-refractivity contribution in [1.82, 2.24) is 10.9 Å². The highest BCUT2D eigenvalue weighted by Gasteiger charge is 2.17. The molecule has 0 aromatic carbocycles. The van der Waals surface area contributed by atoms with Crippen molar-refractivity contribution in [3.05, 3.63) is 0 Å². The molecule has 4 heteroatoms. The molecule has 2 atom stereocenters. The van der Waals surface area contributed by atoms with Gasteiger partial charge in [-0.25, -0.2) is 10.9 Å². The Morgan fingerprint density at radius 3 is 2.62 bits per heavy atom. The van der Waals surface area contributed by atoms with E-state index in [4.69, 9.17) is 10.5 Å². The average molecular weight is 117 g/mol. The normalized spacial score (nSPS) is 38.2. The highest BCUT2D eigenvalue weighted by molar-refractivity contribution is 4.61. The van der Waals surface area contributed by atoms with Crippen LogP contribution in [-0.4, -0.2) is 19.0 Å². The molecule has 0 radical (unpaired) electrons. The summed E-state index contributed by atoms with van der Waals surface area (Å²) >= 11 is 0. The first-order valence-electron chi connectivity index (χ1n) is 2.69.